The molecule has 0 atom stereocenters. The molecule has 0 unspecified atom stereocenters. The summed E-state index contributed by atoms with van der Waals surface area (Å²) in [6.45, 7) is 1.17. The van der Waals surface area contributed by atoms with Crippen molar-refractivity contribution in [2.75, 3.05) is 34.0 Å². The lowest BCUT2D eigenvalue weighted by atomic mass is 10.1. The van der Waals surface area contributed by atoms with E-state index in [1.165, 1.54) is 13.2 Å². The Labute approximate surface area is 180 Å². The fourth-order valence-corrected chi connectivity index (χ4v) is 3.15. The largest absolute Gasteiger partial charge is 0.493 e. The molecule has 1 heterocycles. The van der Waals surface area contributed by atoms with E-state index >= 15 is 0 Å². The Balaban J connectivity index is 2.24. The van der Waals surface area contributed by atoms with Crippen molar-refractivity contribution in [3.05, 3.63) is 27.0 Å². The van der Waals surface area contributed by atoms with Crippen LogP contribution in [0.2, 0.25) is 0 Å². The highest BCUT2D eigenvalue weighted by Gasteiger charge is 2.35. The summed E-state index contributed by atoms with van der Waals surface area (Å²) >= 11 is 1.99. The van der Waals surface area contributed by atoms with Gasteiger partial charge >= 0.3 is 18.0 Å². The molecule has 0 aromatic heterocycles. The number of halogens is 1. The van der Waals surface area contributed by atoms with E-state index in [2.05, 4.69) is 10.1 Å². The van der Waals surface area contributed by atoms with E-state index < -0.39 is 30.4 Å². The van der Waals surface area contributed by atoms with Crippen molar-refractivity contribution in [2.24, 2.45) is 0 Å². The van der Waals surface area contributed by atoms with E-state index in [0.29, 0.717) is 20.6 Å². The highest BCUT2D eigenvalue weighted by atomic mass is 127. The van der Waals surface area contributed by atoms with Crippen LogP contribution in [0.25, 0.3) is 6.08 Å². The van der Waals surface area contributed by atoms with Gasteiger partial charge in [-0.05, 0) is 53.3 Å². The maximum atomic E-state index is 12.4. The predicted octanol–water partition coefficient (Wildman–Crippen LogP) is 1.31. The van der Waals surface area contributed by atoms with E-state index in [1.54, 1.807) is 19.1 Å². The average molecular weight is 518 g/mol. The van der Waals surface area contributed by atoms with Crippen molar-refractivity contribution in [2.45, 2.75) is 6.92 Å². The first-order chi connectivity index (χ1) is 13.8. The number of hydrogen-bond donors (Lipinski definition) is 1. The normalized spacial score (nSPS) is 14.6. The number of carbonyl (C=O) groups is 4. The molecular formula is C18H19IN2O8. The smallest absolute Gasteiger partial charge is 0.344 e. The highest BCUT2D eigenvalue weighted by Crippen LogP contribution is 2.34. The molecular weight excluding hydrogens is 499 g/mol. The van der Waals surface area contributed by atoms with Crippen molar-refractivity contribution in [3.63, 3.8) is 0 Å². The van der Waals surface area contributed by atoms with Crippen molar-refractivity contribution in [1.29, 1.82) is 0 Å². The Morgan fingerprint density at radius 1 is 1.21 bits per heavy atom. The Morgan fingerprint density at radius 2 is 1.93 bits per heavy atom. The third-order valence-electron chi connectivity index (χ3n) is 3.68. The lowest BCUT2D eigenvalue weighted by Crippen LogP contribution is -2.36. The van der Waals surface area contributed by atoms with Gasteiger partial charge in [0, 0.05) is 0 Å². The van der Waals surface area contributed by atoms with Crippen molar-refractivity contribution < 1.29 is 38.1 Å². The Kier molecular flexibility index (Phi) is 7.82. The van der Waals surface area contributed by atoms with Crippen molar-refractivity contribution in [1.82, 2.24) is 10.2 Å². The van der Waals surface area contributed by atoms with Crippen LogP contribution in [0, 0.1) is 3.57 Å². The highest BCUT2D eigenvalue weighted by molar-refractivity contribution is 14.1. The number of imide groups is 1. The first-order valence-corrected chi connectivity index (χ1v) is 9.45. The minimum Gasteiger partial charge on any atom is -0.493 e. The molecule has 29 heavy (non-hydrogen) atoms. The second-order valence-corrected chi connectivity index (χ2v) is 6.75. The summed E-state index contributed by atoms with van der Waals surface area (Å²) in [6, 6.07) is 2.54. The van der Waals surface area contributed by atoms with Gasteiger partial charge in [0.05, 0.1) is 24.4 Å². The molecule has 0 radical (unpaired) electrons. The molecule has 156 valence electrons. The topological polar surface area (TPSA) is 120 Å². The molecule has 3 amide bonds. The molecule has 1 N–H and O–H groups in total. The number of ether oxygens (including phenoxy) is 4. The number of urea groups is 1. The molecule has 1 aliphatic heterocycles. The van der Waals surface area contributed by atoms with Gasteiger partial charge in [-0.15, -0.1) is 0 Å². The molecule has 1 aliphatic rings. The Morgan fingerprint density at radius 3 is 2.55 bits per heavy atom. The number of rotatable bonds is 8. The average Bonchev–Trinajstić information content (AvgIpc) is 2.94. The van der Waals surface area contributed by atoms with Gasteiger partial charge in [0.25, 0.3) is 5.91 Å². The number of nitrogens with one attached hydrogen (secondary N) is 1. The van der Waals surface area contributed by atoms with Gasteiger partial charge < -0.3 is 24.3 Å². The maximum Gasteiger partial charge on any atom is 0.344 e. The van der Waals surface area contributed by atoms with Crippen LogP contribution >= 0.6 is 22.6 Å². The summed E-state index contributed by atoms with van der Waals surface area (Å²) in [7, 11) is 2.59. The number of methoxy groups -OCH3 is 2. The minimum absolute atomic E-state index is 0.00283. The molecule has 1 fully saturated rings. The lowest BCUT2D eigenvalue weighted by molar-refractivity contribution is -0.145. The van der Waals surface area contributed by atoms with E-state index in [1.807, 2.05) is 22.6 Å². The molecule has 0 saturated carbocycles. The monoisotopic (exact) mass is 518 g/mol. The number of esters is 2. The first-order valence-electron chi connectivity index (χ1n) is 8.38. The molecule has 1 aromatic carbocycles. The third kappa shape index (κ3) is 5.59. The van der Waals surface area contributed by atoms with Gasteiger partial charge in [-0.25, -0.2) is 14.5 Å². The van der Waals surface area contributed by atoms with Crippen LogP contribution in [-0.2, 0) is 23.9 Å². The van der Waals surface area contributed by atoms with Gasteiger partial charge in [0.1, 0.15) is 12.2 Å². The fraction of sp³-hybridized carbons (Fsp3) is 0.333. The number of carbonyl (C=O) groups excluding carboxylic acids is 4. The standard InChI is InChI=1S/C18H19IN2O8/c1-4-28-15(23)9-29-16-11(19)5-10(7-13(16)26-2)6-12-17(24)21(18(25)20-12)8-14(22)27-3/h5-7H,4,8-9H2,1-3H3,(H,20,25)/b12-6+. The quantitative estimate of drug-likeness (QED) is 0.237. The molecule has 2 rings (SSSR count). The zero-order chi connectivity index (χ0) is 21.6. The van der Waals surface area contributed by atoms with Crippen molar-refractivity contribution in [3.8, 4) is 11.5 Å². The molecule has 0 aliphatic carbocycles. The van der Waals surface area contributed by atoms with E-state index in [0.717, 1.165) is 12.0 Å². The van der Waals surface area contributed by atoms with Gasteiger partial charge in [-0.3, -0.25) is 9.59 Å². The van der Waals surface area contributed by atoms with Crippen LogP contribution in [0.5, 0.6) is 11.5 Å². The van der Waals surface area contributed by atoms with Gasteiger partial charge in [-0.2, -0.15) is 0 Å². The van der Waals surface area contributed by atoms with Gasteiger partial charge in [0.15, 0.2) is 18.1 Å². The predicted molar refractivity (Wildman–Crippen MR) is 108 cm³/mol. The molecule has 1 saturated heterocycles. The zero-order valence-corrected chi connectivity index (χ0v) is 18.1. The zero-order valence-electron chi connectivity index (χ0n) is 15.9. The summed E-state index contributed by atoms with van der Waals surface area (Å²) in [6.07, 6.45) is 1.44. The summed E-state index contributed by atoms with van der Waals surface area (Å²) in [5.41, 5.74) is 0.537. The molecule has 0 spiro atoms. The number of amides is 3. The summed E-state index contributed by atoms with van der Waals surface area (Å²) in [4.78, 5) is 47.9. The summed E-state index contributed by atoms with van der Waals surface area (Å²) < 4.78 is 20.7. The van der Waals surface area contributed by atoms with Crippen molar-refractivity contribution >= 4 is 52.5 Å². The maximum absolute atomic E-state index is 12.4. The Bertz CT molecular complexity index is 868. The molecule has 10 nitrogen and oxygen atoms in total. The fourth-order valence-electron chi connectivity index (χ4n) is 2.37. The molecule has 1 aromatic rings. The molecule has 0 bridgehead atoms. The summed E-state index contributed by atoms with van der Waals surface area (Å²) in [5.74, 6) is -1.21. The Hall–Kier alpha value is -2.83. The number of nitrogens with zero attached hydrogens (tertiary/aromatic N) is 1. The lowest BCUT2D eigenvalue weighted by Gasteiger charge is -2.13. The van der Waals surface area contributed by atoms with E-state index in [9.17, 15) is 19.2 Å². The van der Waals surface area contributed by atoms with Crippen LogP contribution in [0.1, 0.15) is 12.5 Å². The van der Waals surface area contributed by atoms with Crippen LogP contribution in [-0.4, -0.2) is 62.8 Å². The van der Waals surface area contributed by atoms with Gasteiger partial charge in [0.2, 0.25) is 0 Å². The number of hydrogen-bond acceptors (Lipinski definition) is 8. The van der Waals surface area contributed by atoms with E-state index in [4.69, 9.17) is 14.2 Å². The van der Waals surface area contributed by atoms with E-state index in [-0.39, 0.29) is 18.9 Å². The summed E-state index contributed by atoms with van der Waals surface area (Å²) in [5, 5.41) is 2.41. The molecule has 11 heteroatoms. The van der Waals surface area contributed by atoms with Crippen LogP contribution in [0.4, 0.5) is 4.79 Å². The van der Waals surface area contributed by atoms with Crippen LogP contribution in [0.3, 0.4) is 0 Å². The van der Waals surface area contributed by atoms with Gasteiger partial charge in [-0.1, -0.05) is 0 Å². The van der Waals surface area contributed by atoms with Crippen LogP contribution < -0.4 is 14.8 Å². The first kappa shape index (κ1) is 22.5. The second-order valence-electron chi connectivity index (χ2n) is 5.58. The van der Waals surface area contributed by atoms with Crippen LogP contribution in [0.15, 0.2) is 17.8 Å². The third-order valence-corrected chi connectivity index (χ3v) is 4.48. The number of benzene rings is 1. The second kappa shape index (κ2) is 10.1. The SMILES string of the molecule is CCOC(=O)COc1c(I)cc(/C=C2/NC(=O)N(CC(=O)OC)C2=O)cc1OC. The minimum atomic E-state index is -0.720.